The highest BCUT2D eigenvalue weighted by molar-refractivity contribution is 6.12. The fourth-order valence-corrected chi connectivity index (χ4v) is 10.9. The molecule has 3 aromatic heterocycles. The molecule has 0 amide bonds. The molecule has 0 N–H and O–H groups in total. The van der Waals surface area contributed by atoms with E-state index in [1.807, 2.05) is 78.9 Å². The van der Waals surface area contributed by atoms with E-state index in [0.717, 1.165) is 72.4 Å². The average Bonchev–Trinajstić information content (AvgIpc) is 4.10. The van der Waals surface area contributed by atoms with Crippen molar-refractivity contribution in [3.05, 3.63) is 228 Å². The van der Waals surface area contributed by atoms with E-state index in [-0.39, 0.29) is 16.2 Å². The Bertz CT molecular complexity index is 4150. The lowest BCUT2D eigenvalue weighted by Crippen LogP contribution is -2.10. The fourth-order valence-electron chi connectivity index (χ4n) is 10.9. The highest BCUT2D eigenvalue weighted by Gasteiger charge is 2.26. The first-order chi connectivity index (χ1) is 36.5. The summed E-state index contributed by atoms with van der Waals surface area (Å²) in [7, 11) is 0. The Kier molecular flexibility index (Phi) is 11.5. The number of hydrogen-bond donors (Lipinski definition) is 0. The lowest BCUT2D eigenvalue weighted by molar-refractivity contribution is 0.590. The van der Waals surface area contributed by atoms with E-state index in [4.69, 9.17) is 21.5 Å². The van der Waals surface area contributed by atoms with Gasteiger partial charge in [0.05, 0.1) is 40.0 Å². The molecule has 6 nitrogen and oxygen atoms in total. The summed E-state index contributed by atoms with van der Waals surface area (Å²) in [6, 6.07) is 71.4. The quantitative estimate of drug-likeness (QED) is 0.150. The van der Waals surface area contributed by atoms with Gasteiger partial charge in [-0.3, -0.25) is 0 Å². The third-order valence-corrected chi connectivity index (χ3v) is 15.1. The summed E-state index contributed by atoms with van der Waals surface area (Å²) in [5.74, 6) is 1.78. The van der Waals surface area contributed by atoms with Crippen molar-refractivity contribution in [1.82, 2.24) is 24.1 Å². The van der Waals surface area contributed by atoms with Crippen molar-refractivity contribution in [2.24, 2.45) is 0 Å². The molecule has 0 bridgehead atoms. The topological polar surface area (TPSA) is 52.9 Å². The molecule has 0 unspecified atom stereocenters. The first kappa shape index (κ1) is 48.0. The van der Waals surface area contributed by atoms with Gasteiger partial charge < -0.3 is 9.13 Å². The number of benzene rings is 9. The Balaban J connectivity index is 1.18. The molecule has 0 spiro atoms. The minimum atomic E-state index is -0.0518. The Labute approximate surface area is 445 Å². The van der Waals surface area contributed by atoms with Gasteiger partial charge >= 0.3 is 0 Å². The molecule has 0 aliphatic rings. The normalized spacial score (nSPS) is 12.3. The summed E-state index contributed by atoms with van der Waals surface area (Å²) >= 11 is 0. The van der Waals surface area contributed by atoms with Gasteiger partial charge in [0, 0.05) is 43.8 Å². The SMILES string of the molecule is [C-]#[N+]c1ccccc1-c1cc(-c2cc(-c3nc(-c4ccccc4)nc(-c4ccccc4)n3)ccc2-n2c3ccc(C(C)(C)C)cc3c3cc(C(C)(C)C)ccc32)ccc1-n1c2ccccc2c2cc(C(C)(C)C)ccc21. The van der Waals surface area contributed by atoms with Crippen molar-refractivity contribution in [3.63, 3.8) is 0 Å². The minimum absolute atomic E-state index is 0.0291. The van der Waals surface area contributed by atoms with Crippen LogP contribution in [0.25, 0.3) is 116 Å². The van der Waals surface area contributed by atoms with Gasteiger partial charge in [0.2, 0.25) is 0 Å². The molecule has 0 fully saturated rings. The monoisotopic (exact) mass is 984 g/mol. The number of para-hydroxylation sites is 2. The average molecular weight is 985 g/mol. The van der Waals surface area contributed by atoms with Crippen LogP contribution < -0.4 is 0 Å². The lowest BCUT2D eigenvalue weighted by Gasteiger charge is -2.21. The fraction of sp³-hybridized carbons (Fsp3) is 0.171. The zero-order valence-corrected chi connectivity index (χ0v) is 44.7. The Morgan fingerprint density at radius 2 is 0.724 bits per heavy atom. The predicted octanol–water partition coefficient (Wildman–Crippen LogP) is 18.8. The van der Waals surface area contributed by atoms with Crippen LogP contribution >= 0.6 is 0 Å². The first-order valence-corrected chi connectivity index (χ1v) is 26.3. The van der Waals surface area contributed by atoms with Crippen LogP contribution in [-0.4, -0.2) is 24.1 Å². The second-order valence-corrected chi connectivity index (χ2v) is 23.3. The third kappa shape index (κ3) is 8.43. The predicted molar refractivity (Wildman–Crippen MR) is 318 cm³/mol. The maximum atomic E-state index is 8.51. The highest BCUT2D eigenvalue weighted by Crippen LogP contribution is 2.45. The number of rotatable bonds is 7. The molecule has 9 aromatic carbocycles. The second kappa shape index (κ2) is 18.2. The third-order valence-electron chi connectivity index (χ3n) is 15.1. The molecular formula is C70H60N6. The van der Waals surface area contributed by atoms with Crippen molar-refractivity contribution in [1.29, 1.82) is 0 Å². The van der Waals surface area contributed by atoms with Crippen LogP contribution in [0.2, 0.25) is 0 Å². The molecule has 3 heterocycles. The summed E-state index contributed by atoms with van der Waals surface area (Å²) in [4.78, 5) is 19.7. The molecule has 0 radical (unpaired) electrons. The Morgan fingerprint density at radius 3 is 1.22 bits per heavy atom. The molecule has 6 heteroatoms. The molecule has 0 saturated carbocycles. The van der Waals surface area contributed by atoms with Crippen LogP contribution in [0.15, 0.2) is 200 Å². The standard InChI is InChI=1S/C70H60N6/c1-68(2,3)48-31-36-62-55(41-48)52-26-18-20-28-59(52)75(62)61-34-29-46(39-54(61)51-25-17-19-27-58(51)71-10)53-40-47(67-73-65(44-21-13-11-14-22-44)72-66(74-67)45-23-15-12-16-24-45)30-35-60(53)76-63-37-32-49(69(4,5)6)42-56(63)57-43-50(70(7,8)9)33-38-64(57)76/h11-43H,1-9H3. The van der Waals surface area contributed by atoms with Gasteiger partial charge in [-0.05, 0) is 122 Å². The number of nitrogens with zero attached hydrogens (tertiary/aromatic N) is 6. The summed E-state index contributed by atoms with van der Waals surface area (Å²) in [6.45, 7) is 29.0. The first-order valence-electron chi connectivity index (χ1n) is 26.3. The molecule has 0 aliphatic carbocycles. The maximum absolute atomic E-state index is 8.51. The molecule has 12 aromatic rings. The van der Waals surface area contributed by atoms with Crippen LogP contribution in [0.1, 0.15) is 79.0 Å². The van der Waals surface area contributed by atoms with Gasteiger partial charge in [0.25, 0.3) is 0 Å². The minimum Gasteiger partial charge on any atom is -0.309 e. The van der Waals surface area contributed by atoms with E-state index < -0.39 is 0 Å². The van der Waals surface area contributed by atoms with Crippen molar-refractivity contribution in [3.8, 4) is 67.8 Å². The smallest absolute Gasteiger partial charge is 0.194 e. The van der Waals surface area contributed by atoms with Crippen LogP contribution in [0.3, 0.4) is 0 Å². The van der Waals surface area contributed by atoms with Gasteiger partial charge in [-0.25, -0.2) is 19.8 Å². The molecular weight excluding hydrogens is 925 g/mol. The summed E-state index contributed by atoms with van der Waals surface area (Å²) in [5.41, 5.74) is 17.2. The number of hydrogen-bond acceptors (Lipinski definition) is 3. The molecule has 0 aliphatic heterocycles. The van der Waals surface area contributed by atoms with Crippen molar-refractivity contribution >= 4 is 49.3 Å². The second-order valence-electron chi connectivity index (χ2n) is 23.3. The van der Waals surface area contributed by atoms with E-state index in [2.05, 4.69) is 198 Å². The summed E-state index contributed by atoms with van der Waals surface area (Å²) in [5, 5.41) is 4.81. The molecule has 76 heavy (non-hydrogen) atoms. The number of aromatic nitrogens is 5. The Hall–Kier alpha value is -8.92. The van der Waals surface area contributed by atoms with Gasteiger partial charge in [-0.2, -0.15) is 0 Å². The van der Waals surface area contributed by atoms with Crippen LogP contribution in [0.5, 0.6) is 0 Å². The number of fused-ring (bicyclic) bond motifs is 6. The Morgan fingerprint density at radius 1 is 0.329 bits per heavy atom. The van der Waals surface area contributed by atoms with E-state index in [1.54, 1.807) is 0 Å². The van der Waals surface area contributed by atoms with Crippen molar-refractivity contribution in [2.45, 2.75) is 78.6 Å². The van der Waals surface area contributed by atoms with Gasteiger partial charge in [-0.1, -0.05) is 190 Å². The summed E-state index contributed by atoms with van der Waals surface area (Å²) < 4.78 is 4.84. The van der Waals surface area contributed by atoms with E-state index in [1.165, 1.54) is 38.2 Å². The highest BCUT2D eigenvalue weighted by atomic mass is 15.0. The van der Waals surface area contributed by atoms with E-state index in [0.29, 0.717) is 23.2 Å². The van der Waals surface area contributed by atoms with Crippen LogP contribution in [0.4, 0.5) is 5.69 Å². The largest absolute Gasteiger partial charge is 0.309 e. The summed E-state index contributed by atoms with van der Waals surface area (Å²) in [6.07, 6.45) is 0. The van der Waals surface area contributed by atoms with Gasteiger partial charge in [-0.15, -0.1) is 0 Å². The van der Waals surface area contributed by atoms with Crippen LogP contribution in [0, 0.1) is 6.57 Å². The molecule has 0 atom stereocenters. The van der Waals surface area contributed by atoms with Crippen LogP contribution in [-0.2, 0) is 16.2 Å². The van der Waals surface area contributed by atoms with E-state index in [9.17, 15) is 0 Å². The van der Waals surface area contributed by atoms with Crippen molar-refractivity contribution in [2.75, 3.05) is 0 Å². The van der Waals surface area contributed by atoms with Gasteiger partial charge in [0.1, 0.15) is 0 Å². The van der Waals surface area contributed by atoms with Crippen molar-refractivity contribution < 1.29 is 0 Å². The zero-order valence-electron chi connectivity index (χ0n) is 44.7. The molecule has 12 rings (SSSR count). The lowest BCUT2D eigenvalue weighted by atomic mass is 9.85. The van der Waals surface area contributed by atoms with Gasteiger partial charge in [0.15, 0.2) is 23.2 Å². The molecule has 370 valence electrons. The molecule has 0 saturated heterocycles. The maximum Gasteiger partial charge on any atom is 0.194 e. The zero-order chi connectivity index (χ0) is 52.7. The van der Waals surface area contributed by atoms with E-state index >= 15 is 0 Å².